The first-order valence-electron chi connectivity index (χ1n) is 5.53. The highest BCUT2D eigenvalue weighted by Crippen LogP contribution is 2.20. The van der Waals surface area contributed by atoms with E-state index in [9.17, 15) is 0 Å². The third-order valence-corrected chi connectivity index (χ3v) is 2.34. The smallest absolute Gasteiger partial charge is 0.0964 e. The molecule has 3 rings (SSSR count). The van der Waals surface area contributed by atoms with Gasteiger partial charge in [-0.15, -0.1) is 0 Å². The Morgan fingerprint density at radius 2 is 1.12 bits per heavy atom. The van der Waals surface area contributed by atoms with Gasteiger partial charge in [-0.25, -0.2) is 0 Å². The molecule has 0 N–H and O–H groups in total. The summed E-state index contributed by atoms with van der Waals surface area (Å²) in [6.45, 7) is 4.00. The highest BCUT2D eigenvalue weighted by Gasteiger charge is 2.00. The zero-order chi connectivity index (χ0) is 11.4. The lowest BCUT2D eigenvalue weighted by atomic mass is 10.1. The largest absolute Gasteiger partial charge is 0.254 e. The molecule has 0 spiro atoms. The van der Waals surface area contributed by atoms with E-state index in [1.807, 2.05) is 26.0 Å². The quantitative estimate of drug-likeness (QED) is 0.527. The first-order valence-corrected chi connectivity index (χ1v) is 5.53. The van der Waals surface area contributed by atoms with Crippen molar-refractivity contribution in [1.82, 2.24) is 9.97 Å². The lowest BCUT2D eigenvalue weighted by Crippen LogP contribution is -1.83. The minimum atomic E-state index is 0.977. The van der Waals surface area contributed by atoms with Crippen molar-refractivity contribution < 1.29 is 0 Å². The van der Waals surface area contributed by atoms with Gasteiger partial charge in [0.25, 0.3) is 0 Å². The lowest BCUT2D eigenvalue weighted by Gasteiger charge is -2.00. The highest BCUT2D eigenvalue weighted by molar-refractivity contribution is 6.02. The molecular formula is C14H14N2. The van der Waals surface area contributed by atoms with Crippen molar-refractivity contribution in [3.8, 4) is 0 Å². The van der Waals surface area contributed by atoms with Crippen molar-refractivity contribution in [3.63, 3.8) is 0 Å². The Hall–Kier alpha value is -1.96. The molecule has 16 heavy (non-hydrogen) atoms. The van der Waals surface area contributed by atoms with Crippen LogP contribution < -0.4 is 0 Å². The molecule has 2 heteroatoms. The Balaban J connectivity index is 0.000000457. The van der Waals surface area contributed by atoms with Gasteiger partial charge in [-0.2, -0.15) is 0 Å². The van der Waals surface area contributed by atoms with Crippen LogP contribution in [0.3, 0.4) is 0 Å². The van der Waals surface area contributed by atoms with E-state index in [0.717, 1.165) is 21.8 Å². The maximum absolute atomic E-state index is 4.35. The van der Waals surface area contributed by atoms with Crippen LogP contribution in [-0.4, -0.2) is 9.97 Å². The second-order valence-corrected chi connectivity index (χ2v) is 3.22. The van der Waals surface area contributed by atoms with Gasteiger partial charge >= 0.3 is 0 Å². The summed E-state index contributed by atoms with van der Waals surface area (Å²) in [6, 6.07) is 12.1. The van der Waals surface area contributed by atoms with Crippen molar-refractivity contribution >= 4 is 21.8 Å². The summed E-state index contributed by atoms with van der Waals surface area (Å²) in [4.78, 5) is 8.69. The number of pyridine rings is 2. The fourth-order valence-electron chi connectivity index (χ4n) is 1.68. The van der Waals surface area contributed by atoms with E-state index in [1.165, 1.54) is 0 Å². The van der Waals surface area contributed by atoms with Crippen LogP contribution in [0, 0.1) is 0 Å². The van der Waals surface area contributed by atoms with Crippen molar-refractivity contribution in [3.05, 3.63) is 48.8 Å². The normalized spacial score (nSPS) is 9.88. The zero-order valence-corrected chi connectivity index (χ0v) is 9.51. The van der Waals surface area contributed by atoms with Gasteiger partial charge in [0, 0.05) is 23.2 Å². The molecule has 0 bridgehead atoms. The van der Waals surface area contributed by atoms with E-state index in [2.05, 4.69) is 34.2 Å². The SMILES string of the molecule is CC.c1cnc2c(c1)ccc1cccnc12. The molecule has 0 aliphatic carbocycles. The average molecular weight is 210 g/mol. The van der Waals surface area contributed by atoms with Crippen molar-refractivity contribution in [2.24, 2.45) is 0 Å². The topological polar surface area (TPSA) is 25.8 Å². The van der Waals surface area contributed by atoms with E-state index in [0.29, 0.717) is 0 Å². The van der Waals surface area contributed by atoms with Gasteiger partial charge in [0.2, 0.25) is 0 Å². The van der Waals surface area contributed by atoms with Gasteiger partial charge in [-0.1, -0.05) is 38.1 Å². The van der Waals surface area contributed by atoms with E-state index in [-0.39, 0.29) is 0 Å². The second kappa shape index (κ2) is 4.71. The summed E-state index contributed by atoms with van der Waals surface area (Å²) in [5.74, 6) is 0. The monoisotopic (exact) mass is 210 g/mol. The minimum Gasteiger partial charge on any atom is -0.254 e. The van der Waals surface area contributed by atoms with Gasteiger partial charge in [0.05, 0.1) is 11.0 Å². The number of nitrogens with zero attached hydrogens (tertiary/aromatic N) is 2. The van der Waals surface area contributed by atoms with Gasteiger partial charge < -0.3 is 0 Å². The van der Waals surface area contributed by atoms with Crippen LogP contribution in [0.1, 0.15) is 13.8 Å². The Morgan fingerprint density at radius 3 is 1.56 bits per heavy atom. The van der Waals surface area contributed by atoms with E-state index in [1.54, 1.807) is 12.4 Å². The number of hydrogen-bond acceptors (Lipinski definition) is 2. The molecule has 2 aromatic heterocycles. The predicted octanol–water partition coefficient (Wildman–Crippen LogP) is 3.81. The van der Waals surface area contributed by atoms with E-state index >= 15 is 0 Å². The first-order chi connectivity index (χ1) is 7.95. The van der Waals surface area contributed by atoms with Gasteiger partial charge in [0.1, 0.15) is 0 Å². The Kier molecular flexibility index (Phi) is 3.10. The number of fused-ring (bicyclic) bond motifs is 3. The molecule has 0 amide bonds. The van der Waals surface area contributed by atoms with Gasteiger partial charge in [-0.3, -0.25) is 9.97 Å². The Bertz CT molecular complexity index is 548. The molecule has 0 saturated carbocycles. The summed E-state index contributed by atoms with van der Waals surface area (Å²) in [5, 5.41) is 2.28. The fraction of sp³-hybridized carbons (Fsp3) is 0.143. The molecule has 1 aromatic carbocycles. The lowest BCUT2D eigenvalue weighted by molar-refractivity contribution is 1.37. The van der Waals surface area contributed by atoms with Crippen LogP contribution in [0.15, 0.2) is 48.8 Å². The van der Waals surface area contributed by atoms with Crippen LogP contribution in [0.25, 0.3) is 21.8 Å². The van der Waals surface area contributed by atoms with Crippen LogP contribution in [0.4, 0.5) is 0 Å². The molecule has 0 saturated heterocycles. The average Bonchev–Trinajstić information content (AvgIpc) is 2.41. The zero-order valence-electron chi connectivity index (χ0n) is 9.51. The van der Waals surface area contributed by atoms with Crippen LogP contribution >= 0.6 is 0 Å². The minimum absolute atomic E-state index is 0.977. The van der Waals surface area contributed by atoms with E-state index < -0.39 is 0 Å². The summed E-state index contributed by atoms with van der Waals surface area (Å²) in [6.07, 6.45) is 3.60. The summed E-state index contributed by atoms with van der Waals surface area (Å²) >= 11 is 0. The standard InChI is InChI=1S/C12H8N2.C2H6/c1-3-9-5-6-10-4-2-8-14-12(10)11(9)13-7-1;1-2/h1-8H;1-2H3. The van der Waals surface area contributed by atoms with E-state index in [4.69, 9.17) is 0 Å². The maximum Gasteiger partial charge on any atom is 0.0964 e. The Labute approximate surface area is 95.0 Å². The van der Waals surface area contributed by atoms with Gasteiger partial charge in [0.15, 0.2) is 0 Å². The van der Waals surface area contributed by atoms with Crippen LogP contribution in [0.2, 0.25) is 0 Å². The molecule has 0 aliphatic rings. The summed E-state index contributed by atoms with van der Waals surface area (Å²) in [7, 11) is 0. The predicted molar refractivity (Wildman–Crippen MR) is 68.4 cm³/mol. The van der Waals surface area contributed by atoms with Crippen molar-refractivity contribution in [1.29, 1.82) is 0 Å². The van der Waals surface area contributed by atoms with Crippen molar-refractivity contribution in [2.45, 2.75) is 13.8 Å². The van der Waals surface area contributed by atoms with Crippen LogP contribution in [-0.2, 0) is 0 Å². The number of aromatic nitrogens is 2. The molecule has 0 atom stereocenters. The van der Waals surface area contributed by atoms with Crippen molar-refractivity contribution in [2.75, 3.05) is 0 Å². The number of rotatable bonds is 0. The summed E-state index contributed by atoms with van der Waals surface area (Å²) < 4.78 is 0. The molecule has 0 fully saturated rings. The molecule has 3 aromatic rings. The van der Waals surface area contributed by atoms with Gasteiger partial charge in [-0.05, 0) is 12.1 Å². The third-order valence-electron chi connectivity index (χ3n) is 2.34. The molecule has 0 radical (unpaired) electrons. The molecule has 2 nitrogen and oxygen atoms in total. The Morgan fingerprint density at radius 1 is 0.688 bits per heavy atom. The number of benzene rings is 1. The first kappa shape index (κ1) is 10.6. The fourth-order valence-corrected chi connectivity index (χ4v) is 1.68. The molecular weight excluding hydrogens is 196 g/mol. The third kappa shape index (κ3) is 1.74. The molecule has 0 unspecified atom stereocenters. The maximum atomic E-state index is 4.35. The number of hydrogen-bond donors (Lipinski definition) is 0. The summed E-state index contributed by atoms with van der Waals surface area (Å²) in [5.41, 5.74) is 1.95. The molecule has 2 heterocycles. The molecule has 0 aliphatic heterocycles. The highest BCUT2D eigenvalue weighted by atomic mass is 14.7. The van der Waals surface area contributed by atoms with Crippen LogP contribution in [0.5, 0.6) is 0 Å². The molecule has 80 valence electrons. The second-order valence-electron chi connectivity index (χ2n) is 3.22.